The van der Waals surface area contributed by atoms with Gasteiger partial charge < -0.3 is 5.32 Å². The molecule has 0 aliphatic rings. The standard InChI is InChI=1S/C15H18F3N3/c1-9(2)6-19-7-11-8-20-21(10(11)3)12-4-13(16)15(18)14(17)5-12/h4-5,8-9,19H,6-7H2,1-3H3. The number of benzene rings is 1. The average molecular weight is 297 g/mol. The van der Waals surface area contributed by atoms with E-state index in [1.165, 1.54) is 4.68 Å². The SMILES string of the molecule is Cc1c(CNCC(C)C)cnn1-c1cc(F)c(F)c(F)c1. The molecule has 0 aliphatic carbocycles. The van der Waals surface area contributed by atoms with E-state index in [1.54, 1.807) is 13.1 Å². The first-order chi connectivity index (χ1) is 9.90. The van der Waals surface area contributed by atoms with Gasteiger partial charge in [-0.1, -0.05) is 13.8 Å². The van der Waals surface area contributed by atoms with Crippen LogP contribution >= 0.6 is 0 Å². The van der Waals surface area contributed by atoms with Gasteiger partial charge in [0.2, 0.25) is 0 Å². The van der Waals surface area contributed by atoms with Crippen LogP contribution in [0.4, 0.5) is 13.2 Å². The molecule has 1 aromatic carbocycles. The van der Waals surface area contributed by atoms with E-state index in [2.05, 4.69) is 24.3 Å². The molecule has 0 aliphatic heterocycles. The summed E-state index contributed by atoms with van der Waals surface area (Å²) in [5, 5.41) is 7.39. The molecule has 21 heavy (non-hydrogen) atoms. The molecule has 0 radical (unpaired) electrons. The molecule has 1 aromatic heterocycles. The molecule has 2 rings (SSSR count). The van der Waals surface area contributed by atoms with Crippen molar-refractivity contribution in [3.63, 3.8) is 0 Å². The number of halogens is 3. The van der Waals surface area contributed by atoms with Gasteiger partial charge in [0.25, 0.3) is 0 Å². The van der Waals surface area contributed by atoms with Crippen LogP contribution in [0.5, 0.6) is 0 Å². The van der Waals surface area contributed by atoms with Gasteiger partial charge >= 0.3 is 0 Å². The van der Waals surface area contributed by atoms with Gasteiger partial charge in [-0.05, 0) is 19.4 Å². The minimum Gasteiger partial charge on any atom is -0.312 e. The molecule has 2 aromatic rings. The van der Waals surface area contributed by atoms with Crippen LogP contribution < -0.4 is 5.32 Å². The predicted molar refractivity (Wildman–Crippen MR) is 74.7 cm³/mol. The van der Waals surface area contributed by atoms with E-state index in [9.17, 15) is 13.2 Å². The summed E-state index contributed by atoms with van der Waals surface area (Å²) < 4.78 is 41.0. The first kappa shape index (κ1) is 15.6. The molecule has 0 saturated heterocycles. The van der Waals surface area contributed by atoms with Crippen LogP contribution in [0.2, 0.25) is 0 Å². The number of hydrogen-bond donors (Lipinski definition) is 1. The van der Waals surface area contributed by atoms with Crippen molar-refractivity contribution in [1.82, 2.24) is 15.1 Å². The van der Waals surface area contributed by atoms with Crippen molar-refractivity contribution in [1.29, 1.82) is 0 Å². The predicted octanol–water partition coefficient (Wildman–Crippen LogP) is 3.34. The number of aromatic nitrogens is 2. The normalized spacial score (nSPS) is 11.4. The average Bonchev–Trinajstić information content (AvgIpc) is 2.77. The fourth-order valence-corrected chi connectivity index (χ4v) is 2.04. The molecule has 6 heteroatoms. The molecule has 3 nitrogen and oxygen atoms in total. The molecule has 0 fully saturated rings. The Labute approximate surface area is 121 Å². The Bertz CT molecular complexity index is 612. The van der Waals surface area contributed by atoms with Crippen molar-refractivity contribution in [3.8, 4) is 5.69 Å². The summed E-state index contributed by atoms with van der Waals surface area (Å²) in [6.45, 7) is 7.50. The van der Waals surface area contributed by atoms with Crippen LogP contribution in [0, 0.1) is 30.3 Å². The van der Waals surface area contributed by atoms with E-state index in [4.69, 9.17) is 0 Å². The minimum absolute atomic E-state index is 0.166. The zero-order valence-corrected chi connectivity index (χ0v) is 12.3. The Hall–Kier alpha value is -1.82. The fraction of sp³-hybridized carbons (Fsp3) is 0.400. The van der Waals surface area contributed by atoms with Gasteiger partial charge in [0.15, 0.2) is 17.5 Å². The number of nitrogens with one attached hydrogen (secondary N) is 1. The van der Waals surface area contributed by atoms with Crippen LogP contribution in [0.25, 0.3) is 5.69 Å². The second kappa shape index (κ2) is 6.30. The Morgan fingerprint density at radius 1 is 1.19 bits per heavy atom. The summed E-state index contributed by atoms with van der Waals surface area (Å²) in [6.07, 6.45) is 1.64. The summed E-state index contributed by atoms with van der Waals surface area (Å²) in [5.74, 6) is -3.39. The number of nitrogens with zero attached hydrogens (tertiary/aromatic N) is 2. The van der Waals surface area contributed by atoms with Crippen molar-refractivity contribution in [2.24, 2.45) is 5.92 Å². The van der Waals surface area contributed by atoms with Crippen LogP contribution in [0.1, 0.15) is 25.1 Å². The topological polar surface area (TPSA) is 29.9 Å². The van der Waals surface area contributed by atoms with Gasteiger partial charge in [0, 0.05) is 29.9 Å². The largest absolute Gasteiger partial charge is 0.312 e. The lowest BCUT2D eigenvalue weighted by atomic mass is 10.2. The molecular formula is C15H18F3N3. The lowest BCUT2D eigenvalue weighted by Crippen LogP contribution is -2.19. The Morgan fingerprint density at radius 3 is 2.38 bits per heavy atom. The highest BCUT2D eigenvalue weighted by Gasteiger charge is 2.14. The third-order valence-electron chi connectivity index (χ3n) is 3.19. The summed E-state index contributed by atoms with van der Waals surface area (Å²) in [7, 11) is 0. The van der Waals surface area contributed by atoms with E-state index in [0.717, 1.165) is 29.9 Å². The first-order valence-corrected chi connectivity index (χ1v) is 6.79. The van der Waals surface area contributed by atoms with Gasteiger partial charge in [-0.2, -0.15) is 5.10 Å². The van der Waals surface area contributed by atoms with Crippen LogP contribution in [0.15, 0.2) is 18.3 Å². The monoisotopic (exact) mass is 297 g/mol. The molecule has 114 valence electrons. The zero-order chi connectivity index (χ0) is 15.6. The van der Waals surface area contributed by atoms with Crippen LogP contribution in [-0.2, 0) is 6.54 Å². The number of rotatable bonds is 5. The van der Waals surface area contributed by atoms with Gasteiger partial charge in [-0.3, -0.25) is 0 Å². The highest BCUT2D eigenvalue weighted by Crippen LogP contribution is 2.19. The lowest BCUT2D eigenvalue weighted by Gasteiger charge is -2.08. The molecular weight excluding hydrogens is 279 g/mol. The van der Waals surface area contributed by atoms with Crippen molar-refractivity contribution in [2.45, 2.75) is 27.3 Å². The molecule has 0 amide bonds. The van der Waals surface area contributed by atoms with Gasteiger partial charge in [0.05, 0.1) is 11.9 Å². The van der Waals surface area contributed by atoms with Crippen molar-refractivity contribution in [2.75, 3.05) is 6.54 Å². The van der Waals surface area contributed by atoms with E-state index in [-0.39, 0.29) is 5.69 Å². The highest BCUT2D eigenvalue weighted by molar-refractivity contribution is 5.36. The molecule has 0 atom stereocenters. The Kier molecular flexibility index (Phi) is 4.67. The second-order valence-corrected chi connectivity index (χ2v) is 5.42. The van der Waals surface area contributed by atoms with Gasteiger partial charge in [-0.25, -0.2) is 17.9 Å². The van der Waals surface area contributed by atoms with Crippen LogP contribution in [-0.4, -0.2) is 16.3 Å². The summed E-state index contributed by atoms with van der Waals surface area (Å²) in [6, 6.07) is 1.87. The van der Waals surface area contributed by atoms with Crippen LogP contribution in [0.3, 0.4) is 0 Å². The second-order valence-electron chi connectivity index (χ2n) is 5.42. The highest BCUT2D eigenvalue weighted by atomic mass is 19.2. The van der Waals surface area contributed by atoms with Crippen molar-refractivity contribution >= 4 is 0 Å². The maximum absolute atomic E-state index is 13.3. The molecule has 0 spiro atoms. The third kappa shape index (κ3) is 3.44. The minimum atomic E-state index is -1.47. The lowest BCUT2D eigenvalue weighted by molar-refractivity contribution is 0.446. The number of hydrogen-bond acceptors (Lipinski definition) is 2. The fourth-order valence-electron chi connectivity index (χ4n) is 2.04. The van der Waals surface area contributed by atoms with E-state index in [1.807, 2.05) is 0 Å². The van der Waals surface area contributed by atoms with Crippen molar-refractivity contribution < 1.29 is 13.2 Å². The maximum Gasteiger partial charge on any atom is 0.194 e. The quantitative estimate of drug-likeness (QED) is 0.858. The molecule has 0 saturated carbocycles. The van der Waals surface area contributed by atoms with Gasteiger partial charge in [-0.15, -0.1) is 0 Å². The molecule has 0 bridgehead atoms. The summed E-state index contributed by atoms with van der Waals surface area (Å²) in [4.78, 5) is 0. The maximum atomic E-state index is 13.3. The zero-order valence-electron chi connectivity index (χ0n) is 12.3. The van der Waals surface area contributed by atoms with E-state index < -0.39 is 17.5 Å². The smallest absolute Gasteiger partial charge is 0.194 e. The Balaban J connectivity index is 2.24. The van der Waals surface area contributed by atoms with E-state index in [0.29, 0.717) is 12.5 Å². The summed E-state index contributed by atoms with van der Waals surface area (Å²) in [5.41, 5.74) is 1.86. The first-order valence-electron chi connectivity index (χ1n) is 6.79. The molecule has 0 unspecified atom stereocenters. The molecule has 1 heterocycles. The van der Waals surface area contributed by atoms with Gasteiger partial charge in [0.1, 0.15) is 0 Å². The Morgan fingerprint density at radius 2 is 1.81 bits per heavy atom. The van der Waals surface area contributed by atoms with E-state index >= 15 is 0 Å². The van der Waals surface area contributed by atoms with Crippen molar-refractivity contribution in [3.05, 3.63) is 47.0 Å². The molecule has 1 N–H and O–H groups in total. The third-order valence-corrected chi connectivity index (χ3v) is 3.19. The summed E-state index contributed by atoms with van der Waals surface area (Å²) >= 11 is 0.